The second-order valence-corrected chi connectivity index (χ2v) is 3.58. The van der Waals surface area contributed by atoms with Gasteiger partial charge in [-0.2, -0.15) is 0 Å². The van der Waals surface area contributed by atoms with Crippen molar-refractivity contribution >= 4 is 0 Å². The predicted molar refractivity (Wildman–Crippen MR) is 57.2 cm³/mol. The van der Waals surface area contributed by atoms with Gasteiger partial charge in [0.15, 0.2) is 0 Å². The number of ether oxygens (including phenoxy) is 2. The van der Waals surface area contributed by atoms with Gasteiger partial charge in [0.05, 0.1) is 33.0 Å². The number of rotatable bonds is 9. The summed E-state index contributed by atoms with van der Waals surface area (Å²) in [4.78, 5) is 0. The zero-order valence-electron chi connectivity index (χ0n) is 8.87. The van der Waals surface area contributed by atoms with Gasteiger partial charge in [-0.3, -0.25) is 0 Å². The van der Waals surface area contributed by atoms with E-state index in [0.717, 1.165) is 0 Å². The van der Waals surface area contributed by atoms with Crippen LogP contribution in [0.15, 0.2) is 25.3 Å². The summed E-state index contributed by atoms with van der Waals surface area (Å²) in [6.07, 6.45) is 3.37. The molecule has 0 aliphatic carbocycles. The predicted octanol–water partition coefficient (Wildman–Crippen LogP) is 1.39. The molecule has 0 aromatic carbocycles. The number of hydrogen-bond donors (Lipinski definition) is 1. The van der Waals surface area contributed by atoms with Crippen molar-refractivity contribution in [1.82, 2.24) is 0 Å². The van der Waals surface area contributed by atoms with Gasteiger partial charge in [0.25, 0.3) is 0 Å². The third-order valence-electron chi connectivity index (χ3n) is 1.75. The van der Waals surface area contributed by atoms with Gasteiger partial charge in [0, 0.05) is 5.41 Å². The van der Waals surface area contributed by atoms with Crippen LogP contribution in [0, 0.1) is 5.41 Å². The molecule has 3 nitrogen and oxygen atoms in total. The third-order valence-corrected chi connectivity index (χ3v) is 1.75. The van der Waals surface area contributed by atoms with E-state index in [0.29, 0.717) is 26.4 Å². The Balaban J connectivity index is 3.77. The van der Waals surface area contributed by atoms with Crippen LogP contribution in [0.3, 0.4) is 0 Å². The minimum absolute atomic E-state index is 0.0429. The Bertz CT molecular complexity index is 152. The van der Waals surface area contributed by atoms with E-state index in [2.05, 4.69) is 13.2 Å². The summed E-state index contributed by atoms with van der Waals surface area (Å²) in [7, 11) is 0. The van der Waals surface area contributed by atoms with Crippen LogP contribution in [-0.4, -0.2) is 38.1 Å². The fourth-order valence-corrected chi connectivity index (χ4v) is 0.910. The minimum Gasteiger partial charge on any atom is -0.396 e. The molecule has 0 radical (unpaired) electrons. The molecule has 0 spiro atoms. The molecule has 0 fully saturated rings. The molecule has 82 valence electrons. The minimum atomic E-state index is -0.341. The molecular weight excluding hydrogens is 180 g/mol. The van der Waals surface area contributed by atoms with Crippen LogP contribution < -0.4 is 0 Å². The third kappa shape index (κ3) is 5.91. The molecule has 0 aliphatic heterocycles. The van der Waals surface area contributed by atoms with E-state index in [1.54, 1.807) is 12.2 Å². The van der Waals surface area contributed by atoms with Crippen molar-refractivity contribution < 1.29 is 14.6 Å². The number of aliphatic hydroxyl groups excluding tert-OH is 1. The van der Waals surface area contributed by atoms with Gasteiger partial charge in [-0.25, -0.2) is 0 Å². The summed E-state index contributed by atoms with van der Waals surface area (Å²) in [5, 5.41) is 9.17. The SMILES string of the molecule is C=CCOCC(C)(CO)COCC=C. The molecule has 0 aliphatic rings. The van der Waals surface area contributed by atoms with Crippen LogP contribution >= 0.6 is 0 Å². The zero-order valence-corrected chi connectivity index (χ0v) is 8.87. The van der Waals surface area contributed by atoms with Crippen LogP contribution in [0.4, 0.5) is 0 Å². The second kappa shape index (κ2) is 7.74. The highest BCUT2D eigenvalue weighted by Crippen LogP contribution is 2.16. The Hall–Kier alpha value is -0.640. The lowest BCUT2D eigenvalue weighted by molar-refractivity contribution is -0.0291. The fraction of sp³-hybridized carbons (Fsp3) is 0.636. The lowest BCUT2D eigenvalue weighted by atomic mass is 9.94. The number of aliphatic hydroxyl groups is 1. The Kier molecular flexibility index (Phi) is 7.38. The van der Waals surface area contributed by atoms with Gasteiger partial charge in [0.1, 0.15) is 0 Å². The lowest BCUT2D eigenvalue weighted by Gasteiger charge is -2.26. The summed E-state index contributed by atoms with van der Waals surface area (Å²) < 4.78 is 10.6. The summed E-state index contributed by atoms with van der Waals surface area (Å²) >= 11 is 0. The van der Waals surface area contributed by atoms with Gasteiger partial charge in [-0.05, 0) is 0 Å². The number of hydrogen-bond acceptors (Lipinski definition) is 3. The van der Waals surface area contributed by atoms with E-state index in [9.17, 15) is 5.11 Å². The van der Waals surface area contributed by atoms with Crippen molar-refractivity contribution in [2.75, 3.05) is 33.0 Å². The van der Waals surface area contributed by atoms with Gasteiger partial charge in [-0.1, -0.05) is 19.1 Å². The Labute approximate surface area is 86.0 Å². The van der Waals surface area contributed by atoms with E-state index >= 15 is 0 Å². The highest BCUT2D eigenvalue weighted by Gasteiger charge is 2.23. The molecule has 0 amide bonds. The first-order valence-corrected chi connectivity index (χ1v) is 4.66. The highest BCUT2D eigenvalue weighted by molar-refractivity contribution is 4.75. The van der Waals surface area contributed by atoms with Crippen molar-refractivity contribution in [3.63, 3.8) is 0 Å². The summed E-state index contributed by atoms with van der Waals surface area (Å²) in [5.41, 5.74) is -0.341. The molecule has 0 aromatic heterocycles. The first-order chi connectivity index (χ1) is 6.68. The molecule has 0 aromatic rings. The fourth-order valence-electron chi connectivity index (χ4n) is 0.910. The quantitative estimate of drug-likeness (QED) is 0.451. The maximum absolute atomic E-state index is 9.17. The van der Waals surface area contributed by atoms with Gasteiger partial charge in [-0.15, -0.1) is 13.2 Å². The van der Waals surface area contributed by atoms with Crippen molar-refractivity contribution in [3.8, 4) is 0 Å². The van der Waals surface area contributed by atoms with Crippen molar-refractivity contribution in [1.29, 1.82) is 0 Å². The van der Waals surface area contributed by atoms with E-state index in [1.165, 1.54) is 0 Å². The molecule has 0 heterocycles. The van der Waals surface area contributed by atoms with E-state index in [-0.39, 0.29) is 12.0 Å². The summed E-state index contributed by atoms with van der Waals surface area (Å²) in [6.45, 7) is 11.0. The van der Waals surface area contributed by atoms with E-state index in [4.69, 9.17) is 9.47 Å². The monoisotopic (exact) mass is 200 g/mol. The maximum atomic E-state index is 9.17. The maximum Gasteiger partial charge on any atom is 0.0645 e. The normalized spacial score (nSPS) is 11.3. The van der Waals surface area contributed by atoms with Crippen LogP contribution in [0.1, 0.15) is 6.92 Å². The van der Waals surface area contributed by atoms with E-state index < -0.39 is 0 Å². The van der Waals surface area contributed by atoms with Gasteiger partial charge in [0.2, 0.25) is 0 Å². The van der Waals surface area contributed by atoms with Crippen LogP contribution in [0.2, 0.25) is 0 Å². The highest BCUT2D eigenvalue weighted by atomic mass is 16.5. The zero-order chi connectivity index (χ0) is 10.9. The van der Waals surface area contributed by atoms with Crippen LogP contribution in [0.25, 0.3) is 0 Å². The van der Waals surface area contributed by atoms with Gasteiger partial charge >= 0.3 is 0 Å². The largest absolute Gasteiger partial charge is 0.396 e. The Morgan fingerprint density at radius 1 is 1.14 bits per heavy atom. The molecule has 0 unspecified atom stereocenters. The Morgan fingerprint density at radius 2 is 1.57 bits per heavy atom. The lowest BCUT2D eigenvalue weighted by Crippen LogP contribution is -2.33. The summed E-state index contributed by atoms with van der Waals surface area (Å²) in [6, 6.07) is 0. The van der Waals surface area contributed by atoms with Gasteiger partial charge < -0.3 is 14.6 Å². The van der Waals surface area contributed by atoms with Crippen molar-refractivity contribution in [2.24, 2.45) is 5.41 Å². The average molecular weight is 200 g/mol. The standard InChI is InChI=1S/C11H20O3/c1-4-6-13-9-11(3,8-12)10-14-7-5-2/h4-5,12H,1-2,6-10H2,3H3. The first kappa shape index (κ1) is 13.4. The molecule has 0 bridgehead atoms. The molecule has 14 heavy (non-hydrogen) atoms. The van der Waals surface area contributed by atoms with Crippen molar-refractivity contribution in [3.05, 3.63) is 25.3 Å². The second-order valence-electron chi connectivity index (χ2n) is 3.58. The van der Waals surface area contributed by atoms with Crippen LogP contribution in [0.5, 0.6) is 0 Å². The molecule has 0 saturated heterocycles. The van der Waals surface area contributed by atoms with Crippen molar-refractivity contribution in [2.45, 2.75) is 6.92 Å². The molecule has 0 atom stereocenters. The molecule has 1 N–H and O–H groups in total. The van der Waals surface area contributed by atoms with E-state index in [1.807, 2.05) is 6.92 Å². The smallest absolute Gasteiger partial charge is 0.0645 e. The molecular formula is C11H20O3. The first-order valence-electron chi connectivity index (χ1n) is 4.66. The molecule has 3 heteroatoms. The average Bonchev–Trinajstić information content (AvgIpc) is 2.19. The summed E-state index contributed by atoms with van der Waals surface area (Å²) in [5.74, 6) is 0. The molecule has 0 saturated carbocycles. The Morgan fingerprint density at radius 3 is 1.86 bits per heavy atom. The topological polar surface area (TPSA) is 38.7 Å². The molecule has 0 rings (SSSR count). The van der Waals surface area contributed by atoms with Crippen LogP contribution in [-0.2, 0) is 9.47 Å².